The molecule has 1 N–H and O–H groups in total. The summed E-state index contributed by atoms with van der Waals surface area (Å²) in [6.07, 6.45) is -0.299. The Bertz CT molecular complexity index is 544. The van der Waals surface area contributed by atoms with Crippen LogP contribution in [0.15, 0.2) is 60.7 Å². The Morgan fingerprint density at radius 2 is 1.09 bits per heavy atom. The van der Waals surface area contributed by atoms with E-state index in [9.17, 15) is 5.11 Å². The van der Waals surface area contributed by atoms with Crippen LogP contribution in [-0.2, 0) is 0 Å². The van der Waals surface area contributed by atoms with E-state index in [1.54, 1.807) is 0 Å². The molecule has 0 bridgehead atoms. The molecule has 1 heterocycles. The van der Waals surface area contributed by atoms with Gasteiger partial charge >= 0.3 is 0 Å². The summed E-state index contributed by atoms with van der Waals surface area (Å²) in [6.45, 7) is 4.33. The van der Waals surface area contributed by atoms with E-state index < -0.39 is 0 Å². The standard InChI is InChI=1S/C20H25NO/c1-14-18(16-10-6-4-7-11-16)21(3)19(15(2)20(14)22)17-12-8-5-9-13-17/h4-15,18-20,22H,1-3H3/t14-,15-,18+,19+/m1/s1. The van der Waals surface area contributed by atoms with E-state index in [-0.39, 0.29) is 30.0 Å². The van der Waals surface area contributed by atoms with Crippen molar-refractivity contribution >= 4 is 0 Å². The largest absolute Gasteiger partial charge is 0.392 e. The summed E-state index contributed by atoms with van der Waals surface area (Å²) in [7, 11) is 2.19. The minimum absolute atomic E-state index is 0.211. The van der Waals surface area contributed by atoms with Crippen LogP contribution in [0.2, 0.25) is 0 Å². The van der Waals surface area contributed by atoms with Crippen LogP contribution >= 0.6 is 0 Å². The fourth-order valence-electron chi connectivity index (χ4n) is 4.15. The number of hydrogen-bond acceptors (Lipinski definition) is 2. The van der Waals surface area contributed by atoms with Crippen LogP contribution in [0.25, 0.3) is 0 Å². The number of piperidine rings is 1. The van der Waals surface area contributed by atoms with Gasteiger partial charge in [-0.25, -0.2) is 0 Å². The van der Waals surface area contributed by atoms with Crippen molar-refractivity contribution in [1.29, 1.82) is 0 Å². The molecule has 2 nitrogen and oxygen atoms in total. The molecule has 2 heteroatoms. The maximum absolute atomic E-state index is 10.8. The second-order valence-electron chi connectivity index (χ2n) is 6.59. The van der Waals surface area contributed by atoms with Crippen molar-refractivity contribution in [1.82, 2.24) is 4.90 Å². The Kier molecular flexibility index (Phi) is 4.32. The molecule has 0 radical (unpaired) electrons. The molecule has 1 aliphatic rings. The smallest absolute Gasteiger partial charge is 0.0627 e. The number of aliphatic hydroxyl groups excluding tert-OH is 1. The van der Waals surface area contributed by atoms with Crippen molar-refractivity contribution in [2.45, 2.75) is 32.0 Å². The fraction of sp³-hybridized carbons (Fsp3) is 0.400. The fourth-order valence-corrected chi connectivity index (χ4v) is 4.15. The number of benzene rings is 2. The van der Waals surface area contributed by atoms with Gasteiger partial charge in [0, 0.05) is 23.9 Å². The van der Waals surface area contributed by atoms with Crippen molar-refractivity contribution in [3.63, 3.8) is 0 Å². The summed E-state index contributed by atoms with van der Waals surface area (Å²) < 4.78 is 0. The summed E-state index contributed by atoms with van der Waals surface area (Å²) >= 11 is 0. The SMILES string of the molecule is C[C@H]1C(O)[C@H](C)[C@@H](c2ccccc2)N(C)[C@@H]1c1ccccc1. The molecular formula is C20H25NO. The highest BCUT2D eigenvalue weighted by Crippen LogP contribution is 2.46. The normalized spacial score (nSPS) is 32.8. The predicted molar refractivity (Wildman–Crippen MR) is 90.5 cm³/mol. The Balaban J connectivity index is 2.01. The summed E-state index contributed by atoms with van der Waals surface area (Å²) in [5.74, 6) is 0.421. The Hall–Kier alpha value is -1.64. The highest BCUT2D eigenvalue weighted by atomic mass is 16.3. The number of aliphatic hydroxyl groups is 1. The molecule has 4 atom stereocenters. The van der Waals surface area contributed by atoms with Gasteiger partial charge in [-0.1, -0.05) is 74.5 Å². The number of nitrogens with zero attached hydrogens (tertiary/aromatic N) is 1. The summed E-state index contributed by atoms with van der Waals surface area (Å²) in [5, 5.41) is 10.8. The van der Waals surface area contributed by atoms with Gasteiger partial charge in [0.05, 0.1) is 6.10 Å². The van der Waals surface area contributed by atoms with Crippen LogP contribution in [0, 0.1) is 11.8 Å². The third-order valence-electron chi connectivity index (χ3n) is 5.23. The Morgan fingerprint density at radius 1 is 0.727 bits per heavy atom. The van der Waals surface area contributed by atoms with Crippen LogP contribution < -0.4 is 0 Å². The quantitative estimate of drug-likeness (QED) is 0.903. The van der Waals surface area contributed by atoms with Gasteiger partial charge in [-0.05, 0) is 18.2 Å². The van der Waals surface area contributed by atoms with Crippen LogP contribution in [0.3, 0.4) is 0 Å². The Labute approximate surface area is 133 Å². The molecular weight excluding hydrogens is 270 g/mol. The second kappa shape index (κ2) is 6.23. The van der Waals surface area contributed by atoms with Crippen molar-refractivity contribution in [2.75, 3.05) is 7.05 Å². The van der Waals surface area contributed by atoms with Gasteiger partial charge in [-0.15, -0.1) is 0 Å². The van der Waals surface area contributed by atoms with Gasteiger partial charge in [0.1, 0.15) is 0 Å². The molecule has 0 aromatic heterocycles. The van der Waals surface area contributed by atoms with Gasteiger partial charge < -0.3 is 5.11 Å². The summed E-state index contributed by atoms with van der Waals surface area (Å²) in [5.41, 5.74) is 2.56. The molecule has 1 fully saturated rings. The lowest BCUT2D eigenvalue weighted by Gasteiger charge is -2.50. The maximum Gasteiger partial charge on any atom is 0.0627 e. The minimum Gasteiger partial charge on any atom is -0.392 e. The third kappa shape index (κ3) is 2.57. The van der Waals surface area contributed by atoms with Gasteiger partial charge in [-0.2, -0.15) is 0 Å². The van der Waals surface area contributed by atoms with E-state index in [1.165, 1.54) is 11.1 Å². The first-order valence-corrected chi connectivity index (χ1v) is 8.11. The molecule has 0 spiro atoms. The zero-order valence-corrected chi connectivity index (χ0v) is 13.6. The molecule has 1 saturated heterocycles. The molecule has 1 aliphatic heterocycles. The molecule has 0 amide bonds. The average Bonchev–Trinajstić information content (AvgIpc) is 2.55. The Morgan fingerprint density at radius 3 is 1.45 bits per heavy atom. The number of likely N-dealkylation sites (tertiary alicyclic amines) is 1. The summed E-state index contributed by atoms with van der Waals surface area (Å²) in [4.78, 5) is 2.44. The zero-order valence-electron chi connectivity index (χ0n) is 13.6. The summed E-state index contributed by atoms with van der Waals surface area (Å²) in [6, 6.07) is 21.6. The van der Waals surface area contributed by atoms with E-state index in [0.717, 1.165) is 0 Å². The maximum atomic E-state index is 10.8. The van der Waals surface area contributed by atoms with E-state index in [2.05, 4.69) is 74.3 Å². The van der Waals surface area contributed by atoms with Crippen LogP contribution in [-0.4, -0.2) is 23.2 Å². The molecule has 22 heavy (non-hydrogen) atoms. The van der Waals surface area contributed by atoms with Gasteiger partial charge in [0.15, 0.2) is 0 Å². The molecule has 0 unspecified atom stereocenters. The minimum atomic E-state index is -0.299. The first-order chi connectivity index (χ1) is 10.6. The third-order valence-corrected chi connectivity index (χ3v) is 5.23. The first-order valence-electron chi connectivity index (χ1n) is 8.11. The number of rotatable bonds is 2. The van der Waals surface area contributed by atoms with Gasteiger partial charge in [0.2, 0.25) is 0 Å². The lowest BCUT2D eigenvalue weighted by atomic mass is 9.74. The van der Waals surface area contributed by atoms with Gasteiger partial charge in [0.25, 0.3) is 0 Å². The van der Waals surface area contributed by atoms with Crippen molar-refractivity contribution in [2.24, 2.45) is 11.8 Å². The molecule has 2 aromatic rings. The molecule has 116 valence electrons. The molecule has 0 aliphatic carbocycles. The average molecular weight is 295 g/mol. The van der Waals surface area contributed by atoms with Crippen LogP contribution in [0.4, 0.5) is 0 Å². The van der Waals surface area contributed by atoms with E-state index >= 15 is 0 Å². The second-order valence-corrected chi connectivity index (χ2v) is 6.59. The zero-order chi connectivity index (χ0) is 15.7. The lowest BCUT2D eigenvalue weighted by molar-refractivity contribution is -0.0748. The lowest BCUT2D eigenvalue weighted by Crippen LogP contribution is -2.49. The first kappa shape index (κ1) is 15.3. The van der Waals surface area contributed by atoms with Crippen molar-refractivity contribution < 1.29 is 5.11 Å². The van der Waals surface area contributed by atoms with E-state index in [0.29, 0.717) is 0 Å². The highest BCUT2D eigenvalue weighted by Gasteiger charge is 2.44. The van der Waals surface area contributed by atoms with E-state index in [4.69, 9.17) is 0 Å². The van der Waals surface area contributed by atoms with E-state index in [1.807, 2.05) is 12.1 Å². The van der Waals surface area contributed by atoms with Gasteiger partial charge in [-0.3, -0.25) is 4.90 Å². The molecule has 3 rings (SSSR count). The van der Waals surface area contributed by atoms with Crippen LogP contribution in [0.5, 0.6) is 0 Å². The predicted octanol–water partition coefficient (Wildman–Crippen LogP) is 4.05. The highest BCUT2D eigenvalue weighted by molar-refractivity contribution is 5.26. The monoisotopic (exact) mass is 295 g/mol. The van der Waals surface area contributed by atoms with Crippen molar-refractivity contribution in [3.8, 4) is 0 Å². The van der Waals surface area contributed by atoms with Crippen LogP contribution in [0.1, 0.15) is 37.1 Å². The number of hydrogen-bond donors (Lipinski definition) is 1. The van der Waals surface area contributed by atoms with Crippen molar-refractivity contribution in [3.05, 3.63) is 71.8 Å². The molecule has 0 saturated carbocycles. The topological polar surface area (TPSA) is 23.5 Å². The molecule has 2 aromatic carbocycles.